The lowest BCUT2D eigenvalue weighted by atomic mass is 10.2. The summed E-state index contributed by atoms with van der Waals surface area (Å²) in [7, 11) is 1.84. The molecule has 1 aromatic carbocycles. The Morgan fingerprint density at radius 3 is 2.79 bits per heavy atom. The molecule has 0 heterocycles. The lowest BCUT2D eigenvalue weighted by molar-refractivity contribution is -0.116. The van der Waals surface area contributed by atoms with E-state index in [9.17, 15) is 4.79 Å². The molecule has 2 rings (SSSR count). The Morgan fingerprint density at radius 2 is 2.05 bits per heavy atom. The van der Waals surface area contributed by atoms with Crippen molar-refractivity contribution < 1.29 is 9.53 Å². The van der Waals surface area contributed by atoms with Crippen molar-refractivity contribution in [2.75, 3.05) is 18.9 Å². The predicted molar refractivity (Wildman–Crippen MR) is 76.5 cm³/mol. The van der Waals surface area contributed by atoms with Crippen LogP contribution in [0.1, 0.15) is 32.1 Å². The zero-order valence-electron chi connectivity index (χ0n) is 11.4. The zero-order valence-corrected chi connectivity index (χ0v) is 11.4. The molecule has 0 bridgehead atoms. The molecule has 104 valence electrons. The first kappa shape index (κ1) is 13.9. The summed E-state index contributed by atoms with van der Waals surface area (Å²) in [5.74, 6) is 0.795. The maximum atomic E-state index is 11.8. The molecule has 0 atom stereocenters. The zero-order chi connectivity index (χ0) is 13.5. The SMILES string of the molecule is CNCCC(=O)Nc1ccccc1OC1CCCC1. The maximum Gasteiger partial charge on any atom is 0.225 e. The van der Waals surface area contributed by atoms with Gasteiger partial charge >= 0.3 is 0 Å². The fourth-order valence-electron chi connectivity index (χ4n) is 2.31. The van der Waals surface area contributed by atoms with Crippen LogP contribution < -0.4 is 15.4 Å². The Kier molecular flexibility index (Phi) is 5.21. The highest BCUT2D eigenvalue weighted by atomic mass is 16.5. The summed E-state index contributed by atoms with van der Waals surface area (Å²) in [5.41, 5.74) is 0.774. The second-order valence-electron chi connectivity index (χ2n) is 4.92. The van der Waals surface area contributed by atoms with Gasteiger partial charge in [0.15, 0.2) is 0 Å². The minimum absolute atomic E-state index is 0.0109. The average Bonchev–Trinajstić information content (AvgIpc) is 2.91. The summed E-state index contributed by atoms with van der Waals surface area (Å²) in [6.45, 7) is 0.678. The molecule has 0 aromatic heterocycles. The van der Waals surface area contributed by atoms with Crippen LogP contribution in [0.2, 0.25) is 0 Å². The highest BCUT2D eigenvalue weighted by molar-refractivity contribution is 5.92. The Hall–Kier alpha value is -1.55. The minimum Gasteiger partial charge on any atom is -0.488 e. The van der Waals surface area contributed by atoms with E-state index >= 15 is 0 Å². The Bertz CT molecular complexity index is 414. The van der Waals surface area contributed by atoms with Crippen molar-refractivity contribution in [3.8, 4) is 5.75 Å². The third-order valence-corrected chi connectivity index (χ3v) is 3.36. The van der Waals surface area contributed by atoms with Gasteiger partial charge in [-0.05, 0) is 44.9 Å². The monoisotopic (exact) mass is 262 g/mol. The van der Waals surface area contributed by atoms with Crippen molar-refractivity contribution >= 4 is 11.6 Å². The van der Waals surface area contributed by atoms with Gasteiger partial charge in [-0.3, -0.25) is 4.79 Å². The number of carbonyl (C=O) groups is 1. The molecule has 2 N–H and O–H groups in total. The van der Waals surface area contributed by atoms with Crippen molar-refractivity contribution in [3.05, 3.63) is 24.3 Å². The molecule has 0 spiro atoms. The lowest BCUT2D eigenvalue weighted by Crippen LogP contribution is -2.19. The number of amides is 1. The summed E-state index contributed by atoms with van der Waals surface area (Å²) in [6.07, 6.45) is 5.47. The van der Waals surface area contributed by atoms with Crippen LogP contribution >= 0.6 is 0 Å². The van der Waals surface area contributed by atoms with Gasteiger partial charge in [0.2, 0.25) is 5.91 Å². The Morgan fingerprint density at radius 1 is 1.32 bits per heavy atom. The van der Waals surface area contributed by atoms with Gasteiger partial charge in [0.25, 0.3) is 0 Å². The van der Waals surface area contributed by atoms with Gasteiger partial charge < -0.3 is 15.4 Å². The summed E-state index contributed by atoms with van der Waals surface area (Å²) in [6, 6.07) is 7.66. The first-order valence-electron chi connectivity index (χ1n) is 6.99. The average molecular weight is 262 g/mol. The van der Waals surface area contributed by atoms with E-state index in [2.05, 4.69) is 10.6 Å². The third kappa shape index (κ3) is 4.24. The molecule has 1 aliphatic rings. The van der Waals surface area contributed by atoms with Gasteiger partial charge in [-0.2, -0.15) is 0 Å². The predicted octanol–water partition coefficient (Wildman–Crippen LogP) is 2.56. The normalized spacial score (nSPS) is 15.4. The fraction of sp³-hybridized carbons (Fsp3) is 0.533. The molecule has 1 aliphatic carbocycles. The van der Waals surface area contributed by atoms with Gasteiger partial charge in [0, 0.05) is 13.0 Å². The standard InChI is InChI=1S/C15H22N2O2/c1-16-11-10-15(18)17-13-8-4-5-9-14(13)19-12-6-2-3-7-12/h4-5,8-9,12,16H,2-3,6-7,10-11H2,1H3,(H,17,18). The van der Waals surface area contributed by atoms with Crippen molar-refractivity contribution in [2.45, 2.75) is 38.2 Å². The highest BCUT2D eigenvalue weighted by Gasteiger charge is 2.18. The number of para-hydroxylation sites is 2. The summed E-state index contributed by atoms with van der Waals surface area (Å²) < 4.78 is 5.98. The van der Waals surface area contributed by atoms with Crippen LogP contribution in [0, 0.1) is 0 Å². The van der Waals surface area contributed by atoms with E-state index < -0.39 is 0 Å². The minimum atomic E-state index is 0.0109. The van der Waals surface area contributed by atoms with E-state index in [0.717, 1.165) is 24.3 Å². The molecule has 4 nitrogen and oxygen atoms in total. The molecule has 4 heteroatoms. The van der Waals surface area contributed by atoms with Crippen LogP contribution in [0.4, 0.5) is 5.69 Å². The molecule has 1 amide bonds. The topological polar surface area (TPSA) is 50.4 Å². The lowest BCUT2D eigenvalue weighted by Gasteiger charge is -2.16. The first-order valence-corrected chi connectivity index (χ1v) is 6.99. The van der Waals surface area contributed by atoms with Crippen LogP contribution in [0.25, 0.3) is 0 Å². The molecule has 1 aromatic rings. The van der Waals surface area contributed by atoms with Crippen molar-refractivity contribution in [1.82, 2.24) is 5.32 Å². The molecular formula is C15H22N2O2. The van der Waals surface area contributed by atoms with E-state index in [4.69, 9.17) is 4.74 Å². The quantitative estimate of drug-likeness (QED) is 0.828. The molecule has 0 unspecified atom stereocenters. The Labute approximate surface area is 114 Å². The van der Waals surface area contributed by atoms with Gasteiger partial charge in [0.1, 0.15) is 5.75 Å². The smallest absolute Gasteiger partial charge is 0.225 e. The second-order valence-corrected chi connectivity index (χ2v) is 4.92. The first-order chi connectivity index (χ1) is 9.29. The van der Waals surface area contributed by atoms with E-state index in [1.807, 2.05) is 31.3 Å². The molecule has 1 fully saturated rings. The number of ether oxygens (including phenoxy) is 1. The van der Waals surface area contributed by atoms with E-state index in [-0.39, 0.29) is 5.91 Å². The largest absolute Gasteiger partial charge is 0.488 e. The number of hydrogen-bond donors (Lipinski definition) is 2. The van der Waals surface area contributed by atoms with Crippen LogP contribution in [-0.4, -0.2) is 25.6 Å². The van der Waals surface area contributed by atoms with E-state index in [1.54, 1.807) is 0 Å². The van der Waals surface area contributed by atoms with Gasteiger partial charge in [-0.15, -0.1) is 0 Å². The molecule has 1 saturated carbocycles. The summed E-state index contributed by atoms with van der Waals surface area (Å²) in [4.78, 5) is 11.8. The van der Waals surface area contributed by atoms with E-state index in [1.165, 1.54) is 12.8 Å². The summed E-state index contributed by atoms with van der Waals surface area (Å²) >= 11 is 0. The van der Waals surface area contributed by atoms with E-state index in [0.29, 0.717) is 19.1 Å². The molecule has 0 radical (unpaired) electrons. The molecule has 0 aliphatic heterocycles. The highest BCUT2D eigenvalue weighted by Crippen LogP contribution is 2.29. The Balaban J connectivity index is 1.97. The third-order valence-electron chi connectivity index (χ3n) is 3.36. The van der Waals surface area contributed by atoms with Gasteiger partial charge in [-0.1, -0.05) is 12.1 Å². The second kappa shape index (κ2) is 7.14. The summed E-state index contributed by atoms with van der Waals surface area (Å²) in [5, 5.41) is 5.88. The van der Waals surface area contributed by atoms with Crippen LogP contribution in [-0.2, 0) is 4.79 Å². The number of carbonyl (C=O) groups excluding carboxylic acids is 1. The molecular weight excluding hydrogens is 240 g/mol. The number of benzene rings is 1. The van der Waals surface area contributed by atoms with Crippen LogP contribution in [0.15, 0.2) is 24.3 Å². The van der Waals surface area contributed by atoms with Crippen LogP contribution in [0.3, 0.4) is 0 Å². The maximum absolute atomic E-state index is 11.8. The van der Waals surface area contributed by atoms with Gasteiger partial charge in [-0.25, -0.2) is 0 Å². The number of nitrogens with one attached hydrogen (secondary N) is 2. The van der Waals surface area contributed by atoms with Crippen LogP contribution in [0.5, 0.6) is 5.75 Å². The fourth-order valence-corrected chi connectivity index (χ4v) is 2.31. The number of hydrogen-bond acceptors (Lipinski definition) is 3. The van der Waals surface area contributed by atoms with Crippen molar-refractivity contribution in [3.63, 3.8) is 0 Å². The molecule has 19 heavy (non-hydrogen) atoms. The number of anilines is 1. The molecule has 0 saturated heterocycles. The van der Waals surface area contributed by atoms with Crippen molar-refractivity contribution in [2.24, 2.45) is 0 Å². The van der Waals surface area contributed by atoms with Gasteiger partial charge in [0.05, 0.1) is 11.8 Å². The number of rotatable bonds is 6. The van der Waals surface area contributed by atoms with Crippen molar-refractivity contribution in [1.29, 1.82) is 0 Å².